The predicted octanol–water partition coefficient (Wildman–Crippen LogP) is 2.56. The largest absolute Gasteiger partial charge is 1.00 e. The summed E-state index contributed by atoms with van der Waals surface area (Å²) in [5.74, 6) is 0. The van der Waals surface area contributed by atoms with Gasteiger partial charge in [-0.1, -0.05) is 91.0 Å². The number of aryl methyl sites for hydroxylation is 1. The van der Waals surface area contributed by atoms with Crippen molar-refractivity contribution in [1.82, 2.24) is 0 Å². The lowest BCUT2D eigenvalue weighted by Gasteiger charge is -2.42. The topological polar surface area (TPSA) is 20.2 Å². The monoisotopic (exact) mass is 491 g/mol. The second kappa shape index (κ2) is 9.51. The van der Waals surface area contributed by atoms with Gasteiger partial charge in [0.1, 0.15) is 5.60 Å². The van der Waals surface area contributed by atoms with Crippen LogP contribution < -0.4 is 17.0 Å². The van der Waals surface area contributed by atoms with Crippen molar-refractivity contribution in [2.24, 2.45) is 5.41 Å². The Kier molecular flexibility index (Phi) is 6.90. The summed E-state index contributed by atoms with van der Waals surface area (Å²) in [4.78, 5) is 0. The molecule has 0 spiro atoms. The van der Waals surface area contributed by atoms with Gasteiger partial charge in [-0.2, -0.15) is 0 Å². The van der Waals surface area contributed by atoms with Crippen molar-refractivity contribution < 1.29 is 26.6 Å². The van der Waals surface area contributed by atoms with Gasteiger partial charge in [-0.25, -0.2) is 0 Å². The average Bonchev–Trinajstić information content (AvgIpc) is 3.41. The first-order chi connectivity index (χ1) is 15.2. The van der Waals surface area contributed by atoms with Crippen molar-refractivity contribution in [2.75, 3.05) is 26.2 Å². The molecule has 5 rings (SSSR count). The molecule has 32 heavy (non-hydrogen) atoms. The molecule has 3 heteroatoms. The SMILES string of the molecule is OC(c1ccccc1)(c1ccccc1)C12CC[N+](CCCCc3ccccc3)(CC1)C2.[Br-]. The molecular formula is C29H34BrNO. The minimum absolute atomic E-state index is 0. The van der Waals surface area contributed by atoms with Gasteiger partial charge in [0, 0.05) is 12.8 Å². The average molecular weight is 493 g/mol. The van der Waals surface area contributed by atoms with E-state index in [1.165, 1.54) is 48.9 Å². The van der Waals surface area contributed by atoms with Gasteiger partial charge in [0.15, 0.2) is 0 Å². The predicted molar refractivity (Wildman–Crippen MR) is 127 cm³/mol. The fourth-order valence-electron chi connectivity index (χ4n) is 6.44. The molecular weight excluding hydrogens is 458 g/mol. The summed E-state index contributed by atoms with van der Waals surface area (Å²) in [7, 11) is 0. The molecule has 2 aliphatic heterocycles. The lowest BCUT2D eigenvalue weighted by molar-refractivity contribution is -0.909. The third-order valence-corrected chi connectivity index (χ3v) is 8.11. The van der Waals surface area contributed by atoms with Crippen molar-refractivity contribution >= 4 is 0 Å². The molecule has 2 bridgehead atoms. The maximum absolute atomic E-state index is 12.5. The van der Waals surface area contributed by atoms with Crippen molar-refractivity contribution in [3.05, 3.63) is 108 Å². The lowest BCUT2D eigenvalue weighted by atomic mass is 9.63. The Morgan fingerprint density at radius 2 is 1.22 bits per heavy atom. The fourth-order valence-corrected chi connectivity index (χ4v) is 6.44. The molecule has 0 aliphatic carbocycles. The number of fused-ring (bicyclic) bond motifs is 2. The standard InChI is InChI=1S/C29H34NO.BrH/c31-29(26-15-6-2-7-16-26,27-17-8-3-9-18-27)28-19-22-30(24-28,23-20-28)21-11-10-14-25-12-4-1-5-13-25;/h1-9,12-13,15-18,31H,10-11,14,19-24H2;1H/q+1;/p-1. The molecule has 0 atom stereocenters. The molecule has 0 radical (unpaired) electrons. The first kappa shape index (κ1) is 23.2. The summed E-state index contributed by atoms with van der Waals surface area (Å²) >= 11 is 0. The van der Waals surface area contributed by atoms with Crippen LogP contribution in [0.2, 0.25) is 0 Å². The molecule has 2 fully saturated rings. The van der Waals surface area contributed by atoms with Gasteiger partial charge < -0.3 is 26.6 Å². The van der Waals surface area contributed by atoms with Crippen LogP contribution in [0.1, 0.15) is 42.4 Å². The van der Waals surface area contributed by atoms with Crippen molar-refractivity contribution in [1.29, 1.82) is 0 Å². The first-order valence-electron chi connectivity index (χ1n) is 11.9. The van der Waals surface area contributed by atoms with E-state index in [0.717, 1.165) is 30.5 Å². The number of quaternary nitrogens is 1. The van der Waals surface area contributed by atoms with Gasteiger partial charge in [0.25, 0.3) is 0 Å². The highest BCUT2D eigenvalue weighted by atomic mass is 79.9. The maximum atomic E-state index is 12.5. The Balaban J connectivity index is 0.00000245. The number of piperidine rings is 1. The smallest absolute Gasteiger partial charge is 0.126 e. The number of benzene rings is 3. The van der Waals surface area contributed by atoms with E-state index in [-0.39, 0.29) is 22.4 Å². The zero-order chi connectivity index (χ0) is 21.2. The van der Waals surface area contributed by atoms with E-state index < -0.39 is 5.60 Å². The van der Waals surface area contributed by atoms with E-state index in [0.29, 0.717) is 0 Å². The molecule has 2 aliphatic rings. The molecule has 0 unspecified atom stereocenters. The number of hydrogen-bond acceptors (Lipinski definition) is 1. The Morgan fingerprint density at radius 3 is 1.75 bits per heavy atom. The van der Waals surface area contributed by atoms with Crippen LogP contribution in [0.5, 0.6) is 0 Å². The Labute approximate surface area is 203 Å². The summed E-state index contributed by atoms with van der Waals surface area (Å²) in [6, 6.07) is 31.7. The third-order valence-electron chi connectivity index (χ3n) is 8.11. The Hall–Kier alpha value is -1.94. The molecule has 1 N–H and O–H groups in total. The van der Waals surface area contributed by atoms with Crippen LogP contribution in [0, 0.1) is 5.41 Å². The minimum Gasteiger partial charge on any atom is -1.00 e. The van der Waals surface area contributed by atoms with Crippen LogP contribution in [0.25, 0.3) is 0 Å². The zero-order valence-electron chi connectivity index (χ0n) is 18.8. The van der Waals surface area contributed by atoms with E-state index in [2.05, 4.69) is 78.9 Å². The van der Waals surface area contributed by atoms with Gasteiger partial charge in [-0.15, -0.1) is 0 Å². The van der Waals surface area contributed by atoms with E-state index in [1.807, 2.05) is 12.1 Å². The van der Waals surface area contributed by atoms with E-state index >= 15 is 0 Å². The summed E-state index contributed by atoms with van der Waals surface area (Å²) in [6.45, 7) is 4.74. The second-order valence-electron chi connectivity index (χ2n) is 9.84. The van der Waals surface area contributed by atoms with Crippen molar-refractivity contribution in [3.63, 3.8) is 0 Å². The van der Waals surface area contributed by atoms with Gasteiger partial charge >= 0.3 is 0 Å². The summed E-state index contributed by atoms with van der Waals surface area (Å²) in [6.07, 6.45) is 5.89. The van der Waals surface area contributed by atoms with E-state index in [9.17, 15) is 5.11 Å². The number of nitrogens with zero attached hydrogens (tertiary/aromatic N) is 1. The fraction of sp³-hybridized carbons (Fsp3) is 0.379. The molecule has 2 heterocycles. The number of hydrogen-bond donors (Lipinski definition) is 1. The molecule has 0 aromatic heterocycles. The van der Waals surface area contributed by atoms with Crippen molar-refractivity contribution in [3.8, 4) is 0 Å². The summed E-state index contributed by atoms with van der Waals surface area (Å²) < 4.78 is 1.19. The van der Waals surface area contributed by atoms with Crippen LogP contribution in [-0.4, -0.2) is 35.8 Å². The van der Waals surface area contributed by atoms with Crippen LogP contribution in [0.3, 0.4) is 0 Å². The number of aliphatic hydroxyl groups is 1. The van der Waals surface area contributed by atoms with Crippen LogP contribution >= 0.6 is 0 Å². The van der Waals surface area contributed by atoms with E-state index in [4.69, 9.17) is 0 Å². The minimum atomic E-state index is -0.921. The molecule has 0 saturated carbocycles. The molecule has 2 nitrogen and oxygen atoms in total. The maximum Gasteiger partial charge on any atom is 0.126 e. The molecule has 0 amide bonds. The summed E-state index contributed by atoms with van der Waals surface area (Å²) in [5.41, 5.74) is 2.55. The Bertz CT molecular complexity index is 942. The molecule has 3 aromatic carbocycles. The highest BCUT2D eigenvalue weighted by Crippen LogP contribution is 2.58. The zero-order valence-corrected chi connectivity index (χ0v) is 20.4. The van der Waals surface area contributed by atoms with Crippen molar-refractivity contribution in [2.45, 2.75) is 37.7 Å². The van der Waals surface area contributed by atoms with Gasteiger partial charge in [0.2, 0.25) is 0 Å². The quantitative estimate of drug-likeness (QED) is 0.379. The number of halogens is 1. The van der Waals surface area contributed by atoms with Crippen LogP contribution in [0.15, 0.2) is 91.0 Å². The normalized spacial score (nSPS) is 24.3. The molecule has 168 valence electrons. The first-order valence-corrected chi connectivity index (χ1v) is 11.9. The Morgan fingerprint density at radius 1 is 0.719 bits per heavy atom. The van der Waals surface area contributed by atoms with Gasteiger partial charge in [-0.3, -0.25) is 0 Å². The highest BCUT2D eigenvalue weighted by Gasteiger charge is 2.65. The lowest BCUT2D eigenvalue weighted by Crippen LogP contribution is -3.00. The molecule has 3 aromatic rings. The van der Waals surface area contributed by atoms with Crippen LogP contribution in [0.4, 0.5) is 0 Å². The van der Waals surface area contributed by atoms with Crippen LogP contribution in [-0.2, 0) is 12.0 Å². The van der Waals surface area contributed by atoms with Gasteiger partial charge in [0.05, 0.1) is 31.6 Å². The second-order valence-corrected chi connectivity index (χ2v) is 9.84. The third kappa shape index (κ3) is 4.07. The highest BCUT2D eigenvalue weighted by molar-refractivity contribution is 5.40. The summed E-state index contributed by atoms with van der Waals surface area (Å²) in [5, 5.41) is 12.5. The van der Waals surface area contributed by atoms with E-state index in [1.54, 1.807) is 0 Å². The number of rotatable bonds is 8. The number of unbranched alkanes of at least 4 members (excludes halogenated alkanes) is 1. The molecule has 2 saturated heterocycles. The van der Waals surface area contributed by atoms with Gasteiger partial charge in [-0.05, 0) is 36.0 Å².